The van der Waals surface area contributed by atoms with Crippen LogP contribution in [0.15, 0.2) is 0 Å². The van der Waals surface area contributed by atoms with Gasteiger partial charge in [-0.05, 0) is 0 Å². The number of hydrogen-bond donors (Lipinski definition) is 0. The zero-order valence-electron chi connectivity index (χ0n) is 4.22. The number of hydrogen-bond acceptors (Lipinski definition) is 0. The van der Waals surface area contributed by atoms with Gasteiger partial charge in [-0.1, -0.05) is 0 Å². The first-order valence-corrected chi connectivity index (χ1v) is 0. The van der Waals surface area contributed by atoms with E-state index >= 15 is 0 Å². The van der Waals surface area contributed by atoms with Crippen LogP contribution in [0.25, 0.3) is 0 Å². The third kappa shape index (κ3) is 9.01. The van der Waals surface area contributed by atoms with E-state index in [1.807, 2.05) is 0 Å². The Labute approximate surface area is 104 Å². The molecular weight excluding hydrogens is 349 g/mol. The van der Waals surface area contributed by atoms with Crippen molar-refractivity contribution in [1.29, 1.82) is 0 Å². The van der Waals surface area contributed by atoms with E-state index in [1.54, 1.807) is 0 Å². The van der Waals surface area contributed by atoms with Crippen molar-refractivity contribution in [3.8, 4) is 0 Å². The molecule has 0 aromatic rings. The Morgan fingerprint density at radius 3 is 1.25 bits per heavy atom. The Kier molecular flexibility index (Phi) is 108. The van der Waals surface area contributed by atoms with E-state index in [-0.39, 0.29) is 106 Å². The maximum Gasteiger partial charge on any atom is 2.00 e. The summed E-state index contributed by atoms with van der Waals surface area (Å²) in [6, 6.07) is 0. The second-order valence-corrected chi connectivity index (χ2v) is 0. The van der Waals surface area contributed by atoms with Gasteiger partial charge in [0.1, 0.15) is 0 Å². The smallest absolute Gasteiger partial charge is 2.00 e. The minimum Gasteiger partial charge on any atom is 2.00 e. The Balaban J connectivity index is 0. The standard InChI is InChI=1S/Cu.H2Se.Sn.Sr.4H/h;1H2;;;;;;/q;;;+2;;;2*-1. The van der Waals surface area contributed by atoms with Gasteiger partial charge in [-0.2, -0.15) is 0 Å². The largest absolute Gasteiger partial charge is 2.00 e. The molecule has 0 bridgehead atoms. The molecule has 0 aromatic carbocycles. The Morgan fingerprint density at radius 1 is 1.25 bits per heavy atom. The van der Waals surface area contributed by atoms with Crippen molar-refractivity contribution in [3.63, 3.8) is 0 Å². The normalized spacial score (nSPS) is 0. The minimum atomic E-state index is 0. The van der Waals surface area contributed by atoms with E-state index in [0.29, 0.717) is 0 Å². The van der Waals surface area contributed by atoms with Crippen LogP contribution in [-0.4, -0.2) is 86.5 Å². The van der Waals surface area contributed by atoms with Crippen molar-refractivity contribution >= 4 is 86.5 Å². The maximum absolute atomic E-state index is 0. The van der Waals surface area contributed by atoms with Gasteiger partial charge in [-0.3, -0.25) is 0 Å². The average molecular weight is 355 g/mol. The molecule has 0 saturated heterocycles. The van der Waals surface area contributed by atoms with Gasteiger partial charge in [0, 0.05) is 17.1 Å². The average Bonchev–Trinajstić information content (AvgIpc) is 0. The van der Waals surface area contributed by atoms with Gasteiger partial charge in [0.15, 0.2) is 0 Å². The summed E-state index contributed by atoms with van der Waals surface area (Å²) in [5.74, 6) is 0. The molecule has 0 spiro atoms. The van der Waals surface area contributed by atoms with Crippen LogP contribution in [0.4, 0.5) is 0 Å². The zero-order chi connectivity index (χ0) is 0. The molecule has 29 valence electrons. The minimum absolute atomic E-state index is 0. The first kappa shape index (κ1) is 26.5. The monoisotopic (exact) mass is 357 g/mol. The van der Waals surface area contributed by atoms with Crippen molar-refractivity contribution in [2.45, 2.75) is 0 Å². The predicted molar refractivity (Wildman–Crippen MR) is 25.1 cm³/mol. The second-order valence-electron chi connectivity index (χ2n) is 0. The van der Waals surface area contributed by atoms with Gasteiger partial charge in [-0.25, -0.2) is 0 Å². The fraction of sp³-hybridized carbons (Fsp3) is 0. The molecule has 0 nitrogen and oxygen atoms in total. The van der Waals surface area contributed by atoms with Gasteiger partial charge in [0.05, 0.1) is 0 Å². The van der Waals surface area contributed by atoms with Crippen LogP contribution in [0.5, 0.6) is 0 Å². The van der Waals surface area contributed by atoms with E-state index < -0.39 is 0 Å². The molecular formula is H6CuSeSnSr. The zero-order valence-corrected chi connectivity index (χ0v) is 12.8. The first-order chi connectivity index (χ1) is 0. The molecule has 0 fully saturated rings. The van der Waals surface area contributed by atoms with Crippen LogP contribution in [-0.2, 0) is 17.1 Å². The van der Waals surface area contributed by atoms with Gasteiger partial charge >= 0.3 is 86.5 Å². The van der Waals surface area contributed by atoms with Crippen molar-refractivity contribution in [2.75, 3.05) is 0 Å². The SMILES string of the molecule is [Cu].[H-].[H-].[SeH2].[SnH2].[Sr+2]. The molecule has 0 unspecified atom stereocenters. The summed E-state index contributed by atoms with van der Waals surface area (Å²) in [5, 5.41) is 0. The molecule has 4 heteroatoms. The summed E-state index contributed by atoms with van der Waals surface area (Å²) in [5.41, 5.74) is 0. The first-order valence-electron chi connectivity index (χ1n) is 0. The van der Waals surface area contributed by atoms with E-state index in [4.69, 9.17) is 0 Å². The summed E-state index contributed by atoms with van der Waals surface area (Å²) in [6.07, 6.45) is 0. The van der Waals surface area contributed by atoms with Crippen LogP contribution in [0.2, 0.25) is 0 Å². The molecule has 0 N–H and O–H groups in total. The van der Waals surface area contributed by atoms with Crippen LogP contribution in [0.3, 0.4) is 0 Å². The van der Waals surface area contributed by atoms with Gasteiger partial charge < -0.3 is 2.85 Å². The Hall–Kier alpha value is 3.32. The van der Waals surface area contributed by atoms with Crippen molar-refractivity contribution < 1.29 is 19.9 Å². The van der Waals surface area contributed by atoms with Gasteiger partial charge in [0.2, 0.25) is 0 Å². The fourth-order valence-electron chi connectivity index (χ4n) is 0. The van der Waals surface area contributed by atoms with Crippen LogP contribution in [0, 0.1) is 0 Å². The fourth-order valence-corrected chi connectivity index (χ4v) is 0. The number of rotatable bonds is 0. The Bertz CT molecular complexity index is 13.5. The third-order valence-electron chi connectivity index (χ3n) is 0. The molecule has 0 aliphatic heterocycles. The molecule has 0 aliphatic rings. The van der Waals surface area contributed by atoms with Crippen molar-refractivity contribution in [2.24, 2.45) is 0 Å². The molecule has 0 aliphatic carbocycles. The summed E-state index contributed by atoms with van der Waals surface area (Å²) < 4.78 is 0. The van der Waals surface area contributed by atoms with E-state index in [9.17, 15) is 0 Å². The van der Waals surface area contributed by atoms with E-state index in [2.05, 4.69) is 0 Å². The van der Waals surface area contributed by atoms with E-state index in [0.717, 1.165) is 0 Å². The molecule has 0 saturated carbocycles. The Morgan fingerprint density at radius 2 is 1.25 bits per heavy atom. The second kappa shape index (κ2) is 16.2. The molecule has 0 aromatic heterocycles. The van der Waals surface area contributed by atoms with Crippen LogP contribution < -0.4 is 0 Å². The molecule has 0 amide bonds. The summed E-state index contributed by atoms with van der Waals surface area (Å²) >= 11 is 0. The van der Waals surface area contributed by atoms with Crippen LogP contribution in [0.1, 0.15) is 2.85 Å². The molecule has 0 rings (SSSR count). The maximum atomic E-state index is 0. The third-order valence-corrected chi connectivity index (χ3v) is 0. The topological polar surface area (TPSA) is 0 Å². The van der Waals surface area contributed by atoms with Crippen LogP contribution >= 0.6 is 0 Å². The summed E-state index contributed by atoms with van der Waals surface area (Å²) in [4.78, 5) is 0. The summed E-state index contributed by atoms with van der Waals surface area (Å²) in [7, 11) is 0. The van der Waals surface area contributed by atoms with E-state index in [1.165, 1.54) is 0 Å². The molecule has 0 atom stereocenters. The van der Waals surface area contributed by atoms with Crippen molar-refractivity contribution in [3.05, 3.63) is 0 Å². The summed E-state index contributed by atoms with van der Waals surface area (Å²) in [6.45, 7) is 0. The molecule has 4 heavy (non-hydrogen) atoms. The molecule has 3 radical (unpaired) electrons. The van der Waals surface area contributed by atoms with Crippen molar-refractivity contribution in [1.82, 2.24) is 0 Å². The van der Waals surface area contributed by atoms with Gasteiger partial charge in [-0.15, -0.1) is 0 Å². The van der Waals surface area contributed by atoms with Gasteiger partial charge in [0.25, 0.3) is 0 Å². The quantitative estimate of drug-likeness (QED) is 0.442. The molecule has 0 heterocycles. The predicted octanol–water partition coefficient (Wildman–Crippen LogP) is -1.99.